The van der Waals surface area contributed by atoms with E-state index in [9.17, 15) is 4.79 Å². The first-order valence-electron chi connectivity index (χ1n) is 7.01. The van der Waals surface area contributed by atoms with Crippen molar-refractivity contribution in [2.45, 2.75) is 0 Å². The lowest BCUT2D eigenvalue weighted by atomic mass is 10.2. The summed E-state index contributed by atoms with van der Waals surface area (Å²) in [5.41, 5.74) is 3.50. The number of rotatable bonds is 2. The summed E-state index contributed by atoms with van der Waals surface area (Å²) in [7, 11) is 0. The number of H-pyrrole nitrogens is 2. The topological polar surface area (TPSA) is 72.7 Å². The Balaban J connectivity index is 1.58. The average Bonchev–Trinajstić information content (AvgIpc) is 3.13. The SMILES string of the molecule is O=C(Nc1c[nH]c2ccccc12)Nc1c[nH]c2ccccc12. The van der Waals surface area contributed by atoms with Gasteiger partial charge in [-0.1, -0.05) is 36.4 Å². The number of carbonyl (C=O) groups excluding carboxylic acids is 1. The van der Waals surface area contributed by atoms with Crippen LogP contribution >= 0.6 is 0 Å². The van der Waals surface area contributed by atoms with Crippen LogP contribution in [0.4, 0.5) is 16.2 Å². The molecule has 2 heterocycles. The van der Waals surface area contributed by atoms with E-state index in [4.69, 9.17) is 0 Å². The molecule has 108 valence electrons. The molecule has 0 aliphatic heterocycles. The quantitative estimate of drug-likeness (QED) is 0.437. The van der Waals surface area contributed by atoms with Gasteiger partial charge in [-0.2, -0.15) is 0 Å². The number of fused-ring (bicyclic) bond motifs is 2. The third kappa shape index (κ3) is 2.09. The van der Waals surface area contributed by atoms with Gasteiger partial charge in [0.25, 0.3) is 0 Å². The molecule has 4 N–H and O–H groups in total. The highest BCUT2D eigenvalue weighted by atomic mass is 16.2. The Kier molecular flexibility index (Phi) is 2.83. The fourth-order valence-corrected chi connectivity index (χ4v) is 2.63. The molecule has 0 saturated carbocycles. The molecule has 5 heteroatoms. The normalized spacial score (nSPS) is 10.9. The zero-order valence-electron chi connectivity index (χ0n) is 11.7. The number of benzene rings is 2. The van der Waals surface area contributed by atoms with Crippen molar-refractivity contribution in [1.82, 2.24) is 9.97 Å². The van der Waals surface area contributed by atoms with Crippen molar-refractivity contribution >= 4 is 39.2 Å². The van der Waals surface area contributed by atoms with Gasteiger partial charge in [0.2, 0.25) is 0 Å². The number of aromatic amines is 2. The Labute approximate surface area is 126 Å². The molecule has 0 atom stereocenters. The Morgan fingerprint density at radius 2 is 1.18 bits per heavy atom. The molecule has 0 bridgehead atoms. The van der Waals surface area contributed by atoms with Crippen molar-refractivity contribution in [3.63, 3.8) is 0 Å². The van der Waals surface area contributed by atoms with E-state index in [2.05, 4.69) is 20.6 Å². The number of aromatic nitrogens is 2. The molecule has 5 nitrogen and oxygen atoms in total. The number of anilines is 2. The molecule has 4 aromatic rings. The molecule has 2 aromatic carbocycles. The van der Waals surface area contributed by atoms with Crippen molar-refractivity contribution in [3.05, 3.63) is 60.9 Å². The zero-order valence-corrected chi connectivity index (χ0v) is 11.7. The van der Waals surface area contributed by atoms with Gasteiger partial charge in [0, 0.05) is 34.2 Å². The predicted molar refractivity (Wildman–Crippen MR) is 89.2 cm³/mol. The molecule has 0 spiro atoms. The summed E-state index contributed by atoms with van der Waals surface area (Å²) in [6, 6.07) is 15.4. The van der Waals surface area contributed by atoms with Crippen LogP contribution in [-0.4, -0.2) is 16.0 Å². The Morgan fingerprint density at radius 1 is 0.727 bits per heavy atom. The van der Waals surface area contributed by atoms with E-state index in [-0.39, 0.29) is 6.03 Å². The minimum absolute atomic E-state index is 0.269. The first-order valence-corrected chi connectivity index (χ1v) is 7.01. The van der Waals surface area contributed by atoms with Crippen LogP contribution in [0.15, 0.2) is 60.9 Å². The van der Waals surface area contributed by atoms with Gasteiger partial charge in [0.15, 0.2) is 0 Å². The molecule has 0 aliphatic rings. The zero-order chi connectivity index (χ0) is 14.9. The average molecular weight is 290 g/mol. The molecule has 0 saturated heterocycles. The highest BCUT2D eigenvalue weighted by Gasteiger charge is 2.09. The van der Waals surface area contributed by atoms with Gasteiger partial charge in [-0.05, 0) is 12.1 Å². The maximum Gasteiger partial charge on any atom is 0.323 e. The van der Waals surface area contributed by atoms with Gasteiger partial charge in [-0.25, -0.2) is 4.79 Å². The Morgan fingerprint density at radius 3 is 1.68 bits per heavy atom. The summed E-state index contributed by atoms with van der Waals surface area (Å²) in [5.74, 6) is 0. The predicted octanol–water partition coefficient (Wildman–Crippen LogP) is 4.29. The van der Waals surface area contributed by atoms with E-state index in [0.29, 0.717) is 0 Å². The fourth-order valence-electron chi connectivity index (χ4n) is 2.63. The Hall–Kier alpha value is -3.21. The maximum absolute atomic E-state index is 12.2. The number of amides is 2. The summed E-state index contributed by atoms with van der Waals surface area (Å²) in [6.45, 7) is 0. The highest BCUT2D eigenvalue weighted by molar-refractivity contribution is 6.09. The third-order valence-corrected chi connectivity index (χ3v) is 3.67. The van der Waals surface area contributed by atoms with Crippen molar-refractivity contribution in [3.8, 4) is 0 Å². The molecule has 0 unspecified atom stereocenters. The Bertz CT molecular complexity index is 889. The fraction of sp³-hybridized carbons (Fsp3) is 0. The number of nitrogens with one attached hydrogen (secondary N) is 4. The second kappa shape index (κ2) is 4.96. The van der Waals surface area contributed by atoms with Gasteiger partial charge >= 0.3 is 6.03 Å². The summed E-state index contributed by atoms with van der Waals surface area (Å²) in [4.78, 5) is 18.5. The van der Waals surface area contributed by atoms with Crippen LogP contribution in [-0.2, 0) is 0 Å². The van der Waals surface area contributed by atoms with E-state index < -0.39 is 0 Å². The second-order valence-electron chi connectivity index (χ2n) is 5.07. The lowest BCUT2D eigenvalue weighted by Gasteiger charge is -2.05. The van der Waals surface area contributed by atoms with Crippen molar-refractivity contribution in [2.24, 2.45) is 0 Å². The van der Waals surface area contributed by atoms with Crippen molar-refractivity contribution in [1.29, 1.82) is 0 Å². The van der Waals surface area contributed by atoms with Crippen LogP contribution in [0.5, 0.6) is 0 Å². The lowest BCUT2D eigenvalue weighted by Crippen LogP contribution is -2.18. The smallest absolute Gasteiger partial charge is 0.323 e. The van der Waals surface area contributed by atoms with Crippen LogP contribution in [0.2, 0.25) is 0 Å². The largest absolute Gasteiger partial charge is 0.359 e. The van der Waals surface area contributed by atoms with Gasteiger partial charge < -0.3 is 20.6 Å². The number of para-hydroxylation sites is 2. The van der Waals surface area contributed by atoms with Gasteiger partial charge in [-0.15, -0.1) is 0 Å². The van der Waals surface area contributed by atoms with Crippen molar-refractivity contribution in [2.75, 3.05) is 10.6 Å². The molecule has 2 aromatic heterocycles. The van der Waals surface area contributed by atoms with Gasteiger partial charge in [0.05, 0.1) is 11.4 Å². The first kappa shape index (κ1) is 12.5. The molecule has 0 fully saturated rings. The molecule has 22 heavy (non-hydrogen) atoms. The van der Waals surface area contributed by atoms with E-state index in [1.165, 1.54) is 0 Å². The number of hydrogen-bond donors (Lipinski definition) is 4. The van der Waals surface area contributed by atoms with Crippen LogP contribution < -0.4 is 10.6 Å². The van der Waals surface area contributed by atoms with Gasteiger partial charge in [-0.3, -0.25) is 0 Å². The number of carbonyl (C=O) groups is 1. The molecule has 2 amide bonds. The standard InChI is InChI=1S/C17H14N4O/c22-17(20-15-9-18-13-7-3-1-5-11(13)15)21-16-10-19-14-8-4-2-6-12(14)16/h1-10,18-19H,(H2,20,21,22). The van der Waals surface area contributed by atoms with Crippen LogP contribution in [0.1, 0.15) is 0 Å². The van der Waals surface area contributed by atoms with Crippen LogP contribution in [0, 0.1) is 0 Å². The molecular weight excluding hydrogens is 276 g/mol. The van der Waals surface area contributed by atoms with E-state index in [1.807, 2.05) is 48.5 Å². The van der Waals surface area contributed by atoms with E-state index in [0.717, 1.165) is 33.2 Å². The number of hydrogen-bond acceptors (Lipinski definition) is 1. The summed E-state index contributed by atoms with van der Waals surface area (Å²) >= 11 is 0. The summed E-state index contributed by atoms with van der Waals surface area (Å²) in [5, 5.41) is 7.71. The summed E-state index contributed by atoms with van der Waals surface area (Å²) in [6.07, 6.45) is 3.58. The minimum atomic E-state index is -0.269. The minimum Gasteiger partial charge on any atom is -0.359 e. The van der Waals surface area contributed by atoms with Crippen LogP contribution in [0.3, 0.4) is 0 Å². The molecule has 4 rings (SSSR count). The highest BCUT2D eigenvalue weighted by Crippen LogP contribution is 2.24. The lowest BCUT2D eigenvalue weighted by molar-refractivity contribution is 0.262. The molecular formula is C17H14N4O. The van der Waals surface area contributed by atoms with Gasteiger partial charge in [0.1, 0.15) is 0 Å². The molecule has 0 aliphatic carbocycles. The third-order valence-electron chi connectivity index (χ3n) is 3.67. The summed E-state index contributed by atoms with van der Waals surface area (Å²) < 4.78 is 0. The van der Waals surface area contributed by atoms with Crippen LogP contribution in [0.25, 0.3) is 21.8 Å². The molecule has 0 radical (unpaired) electrons. The maximum atomic E-state index is 12.2. The number of urea groups is 1. The van der Waals surface area contributed by atoms with Crippen molar-refractivity contribution < 1.29 is 4.79 Å². The monoisotopic (exact) mass is 290 g/mol. The second-order valence-corrected chi connectivity index (χ2v) is 5.07. The van der Waals surface area contributed by atoms with E-state index >= 15 is 0 Å². The van der Waals surface area contributed by atoms with E-state index in [1.54, 1.807) is 12.4 Å². The first-order chi connectivity index (χ1) is 10.8.